The number of nitrogens with one attached hydrogen (secondary N) is 1. The van der Waals surface area contributed by atoms with Gasteiger partial charge >= 0.3 is 0 Å². The van der Waals surface area contributed by atoms with E-state index in [2.05, 4.69) is 5.32 Å². The van der Waals surface area contributed by atoms with Gasteiger partial charge in [-0.3, -0.25) is 4.79 Å². The zero-order chi connectivity index (χ0) is 14.5. The third-order valence-corrected chi connectivity index (χ3v) is 3.08. The number of hydrogen-bond acceptors (Lipinski definition) is 3. The molecule has 0 aliphatic heterocycles. The van der Waals surface area contributed by atoms with Crippen molar-refractivity contribution in [3.05, 3.63) is 59.1 Å². The molecule has 0 aliphatic rings. The molecular weight excluding hydrogens is 278 g/mol. The molecular formula is C15H14ClNO3. The summed E-state index contributed by atoms with van der Waals surface area (Å²) >= 11 is 5.97. The second kappa shape index (κ2) is 6.41. The van der Waals surface area contributed by atoms with Crippen LogP contribution >= 0.6 is 11.6 Å². The molecule has 0 saturated heterocycles. The van der Waals surface area contributed by atoms with Crippen LogP contribution in [0.2, 0.25) is 5.02 Å². The Morgan fingerprint density at radius 2 is 1.95 bits per heavy atom. The van der Waals surface area contributed by atoms with Crippen molar-refractivity contribution >= 4 is 23.2 Å². The first kappa shape index (κ1) is 14.4. The highest BCUT2D eigenvalue weighted by atomic mass is 35.5. The van der Waals surface area contributed by atoms with Gasteiger partial charge in [0.1, 0.15) is 5.75 Å². The number of amides is 1. The second-order valence-corrected chi connectivity index (χ2v) is 4.56. The average molecular weight is 292 g/mol. The number of carbonyl (C=O) groups excluding carboxylic acids is 1. The minimum atomic E-state index is -1.22. The van der Waals surface area contributed by atoms with E-state index in [1.807, 2.05) is 6.07 Å². The maximum absolute atomic E-state index is 11.9. The van der Waals surface area contributed by atoms with Crippen LogP contribution in [0.5, 0.6) is 5.75 Å². The van der Waals surface area contributed by atoms with Gasteiger partial charge in [0.2, 0.25) is 0 Å². The lowest BCUT2D eigenvalue weighted by Crippen LogP contribution is -2.20. The van der Waals surface area contributed by atoms with Crippen molar-refractivity contribution in [3.8, 4) is 5.75 Å². The topological polar surface area (TPSA) is 58.6 Å². The normalized spacial score (nSPS) is 11.8. The SMILES string of the molecule is COc1ccc(NC(=O)[C@@H](O)c2ccccc2)cc1Cl. The molecule has 2 rings (SSSR count). The molecule has 104 valence electrons. The Balaban J connectivity index is 2.10. The van der Waals surface area contributed by atoms with Crippen LogP contribution in [0.1, 0.15) is 11.7 Å². The van der Waals surface area contributed by atoms with E-state index < -0.39 is 12.0 Å². The van der Waals surface area contributed by atoms with Crippen molar-refractivity contribution in [1.29, 1.82) is 0 Å². The first-order valence-corrected chi connectivity index (χ1v) is 6.37. The zero-order valence-corrected chi connectivity index (χ0v) is 11.6. The number of carbonyl (C=O) groups is 1. The first-order valence-electron chi connectivity index (χ1n) is 5.99. The number of aliphatic hydroxyl groups is 1. The molecule has 0 spiro atoms. The largest absolute Gasteiger partial charge is 0.495 e. The summed E-state index contributed by atoms with van der Waals surface area (Å²) in [6.45, 7) is 0. The van der Waals surface area contributed by atoms with Crippen molar-refractivity contribution in [2.24, 2.45) is 0 Å². The Labute approximate surface area is 122 Å². The van der Waals surface area contributed by atoms with Gasteiger partial charge in [0.25, 0.3) is 5.91 Å². The third kappa shape index (κ3) is 3.29. The average Bonchev–Trinajstić information content (AvgIpc) is 2.47. The molecule has 0 radical (unpaired) electrons. The van der Waals surface area contributed by atoms with Crippen molar-refractivity contribution in [2.75, 3.05) is 12.4 Å². The van der Waals surface area contributed by atoms with E-state index in [9.17, 15) is 9.90 Å². The summed E-state index contributed by atoms with van der Waals surface area (Å²) in [7, 11) is 1.51. The van der Waals surface area contributed by atoms with E-state index in [0.29, 0.717) is 22.0 Å². The molecule has 2 aromatic rings. The molecule has 0 saturated carbocycles. The number of rotatable bonds is 4. The summed E-state index contributed by atoms with van der Waals surface area (Å²) in [5.74, 6) is 0.00528. The lowest BCUT2D eigenvalue weighted by Gasteiger charge is -2.12. The van der Waals surface area contributed by atoms with E-state index >= 15 is 0 Å². The molecule has 1 amide bonds. The number of methoxy groups -OCH3 is 1. The molecule has 5 heteroatoms. The smallest absolute Gasteiger partial charge is 0.257 e. The monoisotopic (exact) mass is 291 g/mol. The van der Waals surface area contributed by atoms with Gasteiger partial charge in [-0.25, -0.2) is 0 Å². The highest BCUT2D eigenvalue weighted by Crippen LogP contribution is 2.27. The Morgan fingerprint density at radius 3 is 2.55 bits per heavy atom. The fourth-order valence-corrected chi connectivity index (χ4v) is 2.00. The molecule has 2 N–H and O–H groups in total. The number of anilines is 1. The van der Waals surface area contributed by atoms with Crippen molar-refractivity contribution in [2.45, 2.75) is 6.10 Å². The minimum absolute atomic E-state index is 0.388. The van der Waals surface area contributed by atoms with Gasteiger partial charge in [-0.15, -0.1) is 0 Å². The molecule has 20 heavy (non-hydrogen) atoms. The van der Waals surface area contributed by atoms with Crippen molar-refractivity contribution in [3.63, 3.8) is 0 Å². The minimum Gasteiger partial charge on any atom is -0.495 e. The highest BCUT2D eigenvalue weighted by Gasteiger charge is 2.17. The molecule has 0 bridgehead atoms. The lowest BCUT2D eigenvalue weighted by atomic mass is 10.1. The Bertz CT molecular complexity index is 601. The zero-order valence-electron chi connectivity index (χ0n) is 10.8. The molecule has 4 nitrogen and oxygen atoms in total. The number of benzene rings is 2. The summed E-state index contributed by atoms with van der Waals surface area (Å²) < 4.78 is 5.03. The molecule has 0 aliphatic carbocycles. The number of halogens is 1. The van der Waals surface area contributed by atoms with Crippen LogP contribution in [0.15, 0.2) is 48.5 Å². The van der Waals surface area contributed by atoms with E-state index in [4.69, 9.17) is 16.3 Å². The summed E-state index contributed by atoms with van der Waals surface area (Å²) in [5, 5.41) is 12.9. The van der Waals surface area contributed by atoms with Crippen LogP contribution in [0.3, 0.4) is 0 Å². The molecule has 0 heterocycles. The van der Waals surface area contributed by atoms with Gasteiger partial charge in [0.15, 0.2) is 6.10 Å². The highest BCUT2D eigenvalue weighted by molar-refractivity contribution is 6.32. The second-order valence-electron chi connectivity index (χ2n) is 4.15. The maximum atomic E-state index is 11.9. The third-order valence-electron chi connectivity index (χ3n) is 2.78. The van der Waals surface area contributed by atoms with Crippen molar-refractivity contribution in [1.82, 2.24) is 0 Å². The summed E-state index contributed by atoms with van der Waals surface area (Å²) in [6, 6.07) is 13.6. The standard InChI is InChI=1S/C15H14ClNO3/c1-20-13-8-7-11(9-12(13)16)17-15(19)14(18)10-5-3-2-4-6-10/h2-9,14,18H,1H3,(H,17,19)/t14-/m0/s1. The fourth-order valence-electron chi connectivity index (χ4n) is 1.74. The van der Waals surface area contributed by atoms with Gasteiger partial charge in [0.05, 0.1) is 12.1 Å². The van der Waals surface area contributed by atoms with E-state index in [1.165, 1.54) is 7.11 Å². The van der Waals surface area contributed by atoms with E-state index in [-0.39, 0.29) is 0 Å². The first-order chi connectivity index (χ1) is 9.61. The van der Waals surface area contributed by atoms with E-state index in [0.717, 1.165) is 0 Å². The lowest BCUT2D eigenvalue weighted by molar-refractivity contribution is -0.124. The van der Waals surface area contributed by atoms with Crippen LogP contribution in [-0.2, 0) is 4.79 Å². The molecule has 0 aromatic heterocycles. The van der Waals surface area contributed by atoms with Gasteiger partial charge in [-0.2, -0.15) is 0 Å². The van der Waals surface area contributed by atoms with Gasteiger partial charge in [-0.1, -0.05) is 41.9 Å². The predicted octanol–water partition coefficient (Wildman–Crippen LogP) is 3.02. The van der Waals surface area contributed by atoms with Crippen LogP contribution < -0.4 is 10.1 Å². The summed E-state index contributed by atoms with van der Waals surface area (Å²) in [4.78, 5) is 11.9. The van der Waals surface area contributed by atoms with Crippen LogP contribution in [0.4, 0.5) is 5.69 Å². The van der Waals surface area contributed by atoms with Crippen molar-refractivity contribution < 1.29 is 14.6 Å². The quantitative estimate of drug-likeness (QED) is 0.910. The number of ether oxygens (including phenoxy) is 1. The Morgan fingerprint density at radius 1 is 1.25 bits per heavy atom. The molecule has 2 aromatic carbocycles. The number of hydrogen-bond donors (Lipinski definition) is 2. The van der Waals surface area contributed by atoms with Crippen LogP contribution in [0, 0.1) is 0 Å². The van der Waals surface area contributed by atoms with Crippen LogP contribution in [-0.4, -0.2) is 18.1 Å². The van der Waals surface area contributed by atoms with Gasteiger partial charge < -0.3 is 15.2 Å². The van der Waals surface area contributed by atoms with E-state index in [1.54, 1.807) is 42.5 Å². The maximum Gasteiger partial charge on any atom is 0.257 e. The molecule has 1 atom stereocenters. The Kier molecular flexibility index (Phi) is 4.61. The summed E-state index contributed by atoms with van der Waals surface area (Å²) in [6.07, 6.45) is -1.22. The fraction of sp³-hybridized carbons (Fsp3) is 0.133. The Hall–Kier alpha value is -2.04. The van der Waals surface area contributed by atoms with Gasteiger partial charge in [0, 0.05) is 5.69 Å². The predicted molar refractivity (Wildman–Crippen MR) is 78.0 cm³/mol. The summed E-state index contributed by atoms with van der Waals surface area (Å²) in [5.41, 5.74) is 1.03. The molecule has 0 fully saturated rings. The van der Waals surface area contributed by atoms with Crippen LogP contribution in [0.25, 0.3) is 0 Å². The number of aliphatic hydroxyl groups excluding tert-OH is 1. The molecule has 0 unspecified atom stereocenters. The van der Waals surface area contributed by atoms with Gasteiger partial charge in [-0.05, 0) is 23.8 Å².